The first kappa shape index (κ1) is 12.7. The minimum Gasteiger partial charge on any atom is -0.496 e. The van der Waals surface area contributed by atoms with Crippen LogP contribution in [-0.2, 0) is 0 Å². The molecule has 0 saturated carbocycles. The quantitative estimate of drug-likeness (QED) is 0.792. The number of hydrogen-bond acceptors (Lipinski definition) is 3. The van der Waals surface area contributed by atoms with Crippen LogP contribution in [0.15, 0.2) is 28.7 Å². The fraction of sp³-hybridized carbons (Fsp3) is 0.214. The second kappa shape index (κ2) is 4.86. The van der Waals surface area contributed by atoms with Crippen LogP contribution in [0, 0.1) is 13.8 Å². The van der Waals surface area contributed by atoms with Crippen molar-refractivity contribution in [1.29, 1.82) is 0 Å². The van der Waals surface area contributed by atoms with E-state index in [1.165, 1.54) is 7.11 Å². The van der Waals surface area contributed by atoms with Gasteiger partial charge in [0.25, 0.3) is 0 Å². The van der Waals surface area contributed by atoms with Crippen molar-refractivity contribution in [3.05, 3.63) is 51.9 Å². The van der Waals surface area contributed by atoms with Gasteiger partial charge in [0.2, 0.25) is 0 Å². The van der Waals surface area contributed by atoms with Gasteiger partial charge in [-0.25, -0.2) is 0 Å². The zero-order valence-corrected chi connectivity index (χ0v) is 11.2. The third-order valence-electron chi connectivity index (χ3n) is 2.69. The number of ether oxygens (including phenoxy) is 1. The van der Waals surface area contributed by atoms with Crippen LogP contribution in [0.2, 0.25) is 5.02 Å². The number of ketones is 1. The molecule has 1 aromatic heterocycles. The predicted molar refractivity (Wildman–Crippen MR) is 69.6 cm³/mol. The second-order valence-electron chi connectivity index (χ2n) is 4.00. The molecule has 1 heterocycles. The Labute approximate surface area is 110 Å². The number of benzene rings is 1. The smallest absolute Gasteiger partial charge is 0.200 e. The molecule has 0 aliphatic carbocycles. The zero-order valence-electron chi connectivity index (χ0n) is 10.4. The Kier molecular flexibility index (Phi) is 3.43. The van der Waals surface area contributed by atoms with Crippen molar-refractivity contribution in [2.24, 2.45) is 0 Å². The fourth-order valence-electron chi connectivity index (χ4n) is 1.85. The third-order valence-corrected chi connectivity index (χ3v) is 2.93. The van der Waals surface area contributed by atoms with E-state index in [-0.39, 0.29) is 5.78 Å². The van der Waals surface area contributed by atoms with Crippen LogP contribution >= 0.6 is 11.6 Å². The molecule has 0 atom stereocenters. The van der Waals surface area contributed by atoms with E-state index >= 15 is 0 Å². The Morgan fingerprint density at radius 1 is 1.22 bits per heavy atom. The highest BCUT2D eigenvalue weighted by atomic mass is 35.5. The van der Waals surface area contributed by atoms with Crippen LogP contribution in [-0.4, -0.2) is 12.9 Å². The summed E-state index contributed by atoms with van der Waals surface area (Å²) < 4.78 is 10.5. The van der Waals surface area contributed by atoms with Gasteiger partial charge in [-0.1, -0.05) is 11.6 Å². The fourth-order valence-corrected chi connectivity index (χ4v) is 2.02. The number of carbonyl (C=O) groups excluding carboxylic acids is 1. The van der Waals surface area contributed by atoms with E-state index in [0.717, 1.165) is 0 Å². The molecule has 4 heteroatoms. The number of carbonyl (C=O) groups is 1. The highest BCUT2D eigenvalue weighted by molar-refractivity contribution is 6.31. The minimum absolute atomic E-state index is 0.127. The van der Waals surface area contributed by atoms with E-state index < -0.39 is 0 Å². The number of halogens is 1. The Morgan fingerprint density at radius 3 is 2.50 bits per heavy atom. The van der Waals surface area contributed by atoms with Gasteiger partial charge in [0.1, 0.15) is 17.3 Å². The molecule has 94 valence electrons. The van der Waals surface area contributed by atoms with Crippen molar-refractivity contribution < 1.29 is 13.9 Å². The highest BCUT2D eigenvalue weighted by Gasteiger charge is 2.19. The molecule has 0 saturated heterocycles. The number of furan rings is 1. The minimum atomic E-state index is -0.127. The topological polar surface area (TPSA) is 39.4 Å². The lowest BCUT2D eigenvalue weighted by atomic mass is 10.0. The first-order valence-electron chi connectivity index (χ1n) is 5.48. The van der Waals surface area contributed by atoms with Crippen LogP contribution in [0.1, 0.15) is 27.4 Å². The highest BCUT2D eigenvalue weighted by Crippen LogP contribution is 2.27. The van der Waals surface area contributed by atoms with Gasteiger partial charge in [0, 0.05) is 5.02 Å². The Bertz CT molecular complexity index is 599. The average molecular weight is 265 g/mol. The van der Waals surface area contributed by atoms with Crippen LogP contribution in [0.25, 0.3) is 0 Å². The van der Waals surface area contributed by atoms with Crippen LogP contribution in [0.4, 0.5) is 0 Å². The molecule has 18 heavy (non-hydrogen) atoms. The number of methoxy groups -OCH3 is 1. The van der Waals surface area contributed by atoms with Gasteiger partial charge in [-0.15, -0.1) is 0 Å². The zero-order chi connectivity index (χ0) is 13.3. The average Bonchev–Trinajstić information content (AvgIpc) is 2.67. The molecule has 2 rings (SSSR count). The molecule has 2 aromatic rings. The van der Waals surface area contributed by atoms with E-state index in [1.807, 2.05) is 6.92 Å². The van der Waals surface area contributed by atoms with Gasteiger partial charge in [-0.2, -0.15) is 0 Å². The van der Waals surface area contributed by atoms with Gasteiger partial charge in [0.15, 0.2) is 5.78 Å². The maximum absolute atomic E-state index is 12.4. The van der Waals surface area contributed by atoms with Crippen molar-refractivity contribution in [2.75, 3.05) is 7.11 Å². The molecule has 0 radical (unpaired) electrons. The first-order valence-corrected chi connectivity index (χ1v) is 5.86. The van der Waals surface area contributed by atoms with E-state index in [2.05, 4.69) is 0 Å². The molecule has 0 bridgehead atoms. The van der Waals surface area contributed by atoms with E-state index in [9.17, 15) is 4.79 Å². The van der Waals surface area contributed by atoms with Gasteiger partial charge in [-0.05, 0) is 38.1 Å². The summed E-state index contributed by atoms with van der Waals surface area (Å²) in [6, 6.07) is 6.67. The summed E-state index contributed by atoms with van der Waals surface area (Å²) in [6.07, 6.45) is 0. The van der Waals surface area contributed by atoms with Crippen molar-refractivity contribution in [1.82, 2.24) is 0 Å². The maximum atomic E-state index is 12.4. The van der Waals surface area contributed by atoms with Crippen molar-refractivity contribution >= 4 is 17.4 Å². The summed E-state index contributed by atoms with van der Waals surface area (Å²) in [7, 11) is 1.51. The van der Waals surface area contributed by atoms with E-state index in [0.29, 0.717) is 33.4 Å². The largest absolute Gasteiger partial charge is 0.496 e. The molecule has 0 aliphatic heterocycles. The number of aryl methyl sites for hydroxylation is 2. The molecule has 0 fully saturated rings. The lowest BCUT2D eigenvalue weighted by molar-refractivity contribution is 0.103. The lowest BCUT2D eigenvalue weighted by Crippen LogP contribution is -2.04. The summed E-state index contributed by atoms with van der Waals surface area (Å²) in [4.78, 5) is 12.4. The normalized spacial score (nSPS) is 10.4. The maximum Gasteiger partial charge on any atom is 0.200 e. The number of rotatable bonds is 3. The second-order valence-corrected chi connectivity index (χ2v) is 4.44. The van der Waals surface area contributed by atoms with Crippen LogP contribution in [0.3, 0.4) is 0 Å². The molecule has 3 nitrogen and oxygen atoms in total. The summed E-state index contributed by atoms with van der Waals surface area (Å²) in [5, 5.41) is 0.531. The van der Waals surface area contributed by atoms with E-state index in [1.54, 1.807) is 31.2 Å². The summed E-state index contributed by atoms with van der Waals surface area (Å²) in [6.45, 7) is 3.57. The molecule has 1 aromatic carbocycles. The summed E-state index contributed by atoms with van der Waals surface area (Å²) in [5.74, 6) is 1.65. The molecular formula is C14H13ClO3. The van der Waals surface area contributed by atoms with E-state index in [4.69, 9.17) is 20.8 Å². The van der Waals surface area contributed by atoms with Crippen molar-refractivity contribution in [3.63, 3.8) is 0 Å². The SMILES string of the molecule is COc1cc(Cl)ccc1C(=O)c1cc(C)oc1C. The molecule has 0 aliphatic rings. The molecule has 0 spiro atoms. The standard InChI is InChI=1S/C14H13ClO3/c1-8-6-12(9(2)18-8)14(16)11-5-4-10(15)7-13(11)17-3/h4-7H,1-3H3. The van der Waals surface area contributed by atoms with Gasteiger partial charge in [0.05, 0.1) is 18.2 Å². The predicted octanol–water partition coefficient (Wildman–Crippen LogP) is 3.79. The Morgan fingerprint density at radius 2 is 1.94 bits per heavy atom. The van der Waals surface area contributed by atoms with Gasteiger partial charge < -0.3 is 9.15 Å². The van der Waals surface area contributed by atoms with Crippen molar-refractivity contribution in [3.8, 4) is 5.75 Å². The van der Waals surface area contributed by atoms with Gasteiger partial charge in [-0.3, -0.25) is 4.79 Å². The molecule has 0 N–H and O–H groups in total. The third kappa shape index (κ3) is 2.27. The number of hydrogen-bond donors (Lipinski definition) is 0. The molecular weight excluding hydrogens is 252 g/mol. The monoisotopic (exact) mass is 264 g/mol. The summed E-state index contributed by atoms with van der Waals surface area (Å²) >= 11 is 5.87. The van der Waals surface area contributed by atoms with Crippen LogP contribution < -0.4 is 4.74 Å². The Balaban J connectivity index is 2.49. The van der Waals surface area contributed by atoms with Crippen molar-refractivity contribution in [2.45, 2.75) is 13.8 Å². The van der Waals surface area contributed by atoms with Gasteiger partial charge >= 0.3 is 0 Å². The molecule has 0 unspecified atom stereocenters. The summed E-state index contributed by atoms with van der Waals surface area (Å²) in [5.41, 5.74) is 1.03. The molecule has 0 amide bonds. The lowest BCUT2D eigenvalue weighted by Gasteiger charge is -2.07. The van der Waals surface area contributed by atoms with Crippen LogP contribution in [0.5, 0.6) is 5.75 Å². The first-order chi connectivity index (χ1) is 8.52. The Hall–Kier alpha value is -1.74.